The maximum absolute atomic E-state index is 12.4. The Morgan fingerprint density at radius 2 is 1.67 bits per heavy atom. The third-order valence-electron chi connectivity index (χ3n) is 3.39. The Kier molecular flexibility index (Phi) is 7.76. The molecular weight excluding hydrogens is 344 g/mol. The minimum atomic E-state index is -3.43. The summed E-state index contributed by atoms with van der Waals surface area (Å²) in [5.41, 5.74) is 0.877. The van der Waals surface area contributed by atoms with Gasteiger partial charge in [-0.15, -0.1) is 11.8 Å². The van der Waals surface area contributed by atoms with E-state index in [0.717, 1.165) is 5.56 Å². The molecule has 0 fully saturated rings. The summed E-state index contributed by atoms with van der Waals surface area (Å²) in [5.74, 6) is 0.396. The second-order valence-electron chi connectivity index (χ2n) is 6.41. The van der Waals surface area contributed by atoms with Crippen molar-refractivity contribution in [3.63, 3.8) is 0 Å². The largest absolute Gasteiger partial charge is 0.351 e. The van der Waals surface area contributed by atoms with Crippen LogP contribution in [0.2, 0.25) is 0 Å². The van der Waals surface area contributed by atoms with Crippen LogP contribution in [0, 0.1) is 0 Å². The number of nitrogens with zero attached hydrogens (tertiary/aromatic N) is 1. The number of carbonyl (C=O) groups excluding carboxylic acids is 1. The maximum Gasteiger partial charge on any atom is 0.243 e. The standard InChI is InChI=1S/C17H28N2O3S2/c1-6-19(7-2)24(21,22)15-10-8-14(9-11-15)12-18-16(20)13-23-17(3,4)5/h8-11H,6-7,12-13H2,1-5H3,(H,18,20). The van der Waals surface area contributed by atoms with Gasteiger partial charge in [-0.3, -0.25) is 4.79 Å². The smallest absolute Gasteiger partial charge is 0.243 e. The molecule has 0 aliphatic carbocycles. The molecule has 0 unspecified atom stereocenters. The van der Waals surface area contributed by atoms with E-state index in [2.05, 4.69) is 26.1 Å². The van der Waals surface area contributed by atoms with Gasteiger partial charge in [0.1, 0.15) is 0 Å². The Bertz CT molecular complexity index is 631. The predicted octanol–water partition coefficient (Wildman–Crippen LogP) is 2.87. The van der Waals surface area contributed by atoms with E-state index in [1.54, 1.807) is 36.0 Å². The normalized spacial score (nSPS) is 12.4. The average Bonchev–Trinajstić information content (AvgIpc) is 2.51. The minimum absolute atomic E-state index is 0.0187. The monoisotopic (exact) mass is 372 g/mol. The van der Waals surface area contributed by atoms with Crippen LogP contribution in [0.25, 0.3) is 0 Å². The van der Waals surface area contributed by atoms with Gasteiger partial charge >= 0.3 is 0 Å². The van der Waals surface area contributed by atoms with Gasteiger partial charge in [-0.1, -0.05) is 46.8 Å². The molecule has 0 saturated heterocycles. The van der Waals surface area contributed by atoms with E-state index in [-0.39, 0.29) is 15.5 Å². The molecule has 0 aliphatic heterocycles. The minimum Gasteiger partial charge on any atom is -0.351 e. The first kappa shape index (κ1) is 21.0. The second-order valence-corrected chi connectivity index (χ2v) is 10.2. The summed E-state index contributed by atoms with van der Waals surface area (Å²) < 4.78 is 26.3. The van der Waals surface area contributed by atoms with E-state index in [1.807, 2.05) is 13.8 Å². The molecule has 0 bridgehead atoms. The van der Waals surface area contributed by atoms with Crippen molar-refractivity contribution in [1.82, 2.24) is 9.62 Å². The van der Waals surface area contributed by atoms with Crippen LogP contribution in [0.3, 0.4) is 0 Å². The molecule has 1 aromatic carbocycles. The van der Waals surface area contributed by atoms with E-state index in [9.17, 15) is 13.2 Å². The Balaban J connectivity index is 2.64. The van der Waals surface area contributed by atoms with Gasteiger partial charge in [0.15, 0.2) is 0 Å². The lowest BCUT2D eigenvalue weighted by Crippen LogP contribution is -2.30. The molecule has 24 heavy (non-hydrogen) atoms. The van der Waals surface area contributed by atoms with Crippen molar-refractivity contribution < 1.29 is 13.2 Å². The van der Waals surface area contributed by atoms with Gasteiger partial charge in [0.25, 0.3) is 0 Å². The van der Waals surface area contributed by atoms with Gasteiger partial charge in [-0.25, -0.2) is 8.42 Å². The fraction of sp³-hybridized carbons (Fsp3) is 0.588. The predicted molar refractivity (Wildman–Crippen MR) is 101 cm³/mol. The van der Waals surface area contributed by atoms with Crippen molar-refractivity contribution in [2.24, 2.45) is 0 Å². The lowest BCUT2D eigenvalue weighted by atomic mass is 10.2. The van der Waals surface area contributed by atoms with Gasteiger partial charge in [0, 0.05) is 24.4 Å². The number of carbonyl (C=O) groups is 1. The van der Waals surface area contributed by atoms with E-state index in [0.29, 0.717) is 25.4 Å². The molecule has 7 heteroatoms. The molecule has 1 amide bonds. The van der Waals surface area contributed by atoms with E-state index >= 15 is 0 Å². The van der Waals surface area contributed by atoms with Crippen molar-refractivity contribution in [3.05, 3.63) is 29.8 Å². The van der Waals surface area contributed by atoms with Crippen LogP contribution in [0.4, 0.5) is 0 Å². The lowest BCUT2D eigenvalue weighted by Gasteiger charge is -2.18. The van der Waals surface area contributed by atoms with Gasteiger partial charge < -0.3 is 5.32 Å². The zero-order valence-corrected chi connectivity index (χ0v) is 16.8. The summed E-state index contributed by atoms with van der Waals surface area (Å²) in [6, 6.07) is 6.68. The first-order valence-electron chi connectivity index (χ1n) is 8.10. The topological polar surface area (TPSA) is 66.5 Å². The summed E-state index contributed by atoms with van der Waals surface area (Å²) in [4.78, 5) is 12.1. The summed E-state index contributed by atoms with van der Waals surface area (Å²) in [5, 5.41) is 2.86. The molecule has 0 aliphatic rings. The Morgan fingerprint density at radius 3 is 2.12 bits per heavy atom. The quantitative estimate of drug-likeness (QED) is 0.762. The van der Waals surface area contributed by atoms with Gasteiger partial charge in [-0.05, 0) is 17.7 Å². The summed E-state index contributed by atoms with van der Waals surface area (Å²) >= 11 is 1.59. The fourth-order valence-electron chi connectivity index (χ4n) is 2.03. The SMILES string of the molecule is CCN(CC)S(=O)(=O)c1ccc(CNC(=O)CSC(C)(C)C)cc1. The molecule has 0 radical (unpaired) electrons. The van der Waals surface area contributed by atoms with Gasteiger partial charge in [0.2, 0.25) is 15.9 Å². The first-order chi connectivity index (χ1) is 11.1. The number of thioether (sulfide) groups is 1. The van der Waals surface area contributed by atoms with Crippen molar-refractivity contribution in [2.75, 3.05) is 18.8 Å². The highest BCUT2D eigenvalue weighted by Crippen LogP contribution is 2.22. The number of rotatable bonds is 8. The van der Waals surface area contributed by atoms with Gasteiger partial charge in [0.05, 0.1) is 10.6 Å². The first-order valence-corrected chi connectivity index (χ1v) is 10.5. The van der Waals surface area contributed by atoms with Gasteiger partial charge in [-0.2, -0.15) is 4.31 Å². The number of hydrogen-bond acceptors (Lipinski definition) is 4. The molecule has 0 atom stereocenters. The van der Waals surface area contributed by atoms with E-state index in [4.69, 9.17) is 0 Å². The van der Waals surface area contributed by atoms with Crippen molar-refractivity contribution in [1.29, 1.82) is 0 Å². The zero-order valence-electron chi connectivity index (χ0n) is 15.1. The van der Waals surface area contributed by atoms with Crippen molar-refractivity contribution in [2.45, 2.75) is 50.8 Å². The number of sulfonamides is 1. The van der Waals surface area contributed by atoms with Crippen LogP contribution in [-0.2, 0) is 21.4 Å². The Hall–Kier alpha value is -1.05. The Morgan fingerprint density at radius 1 is 1.12 bits per heavy atom. The van der Waals surface area contributed by atoms with Crippen molar-refractivity contribution >= 4 is 27.7 Å². The van der Waals surface area contributed by atoms with Crippen molar-refractivity contribution in [3.8, 4) is 0 Å². The van der Waals surface area contributed by atoms with E-state index < -0.39 is 10.0 Å². The number of nitrogens with one attached hydrogen (secondary N) is 1. The molecule has 136 valence electrons. The third-order valence-corrected chi connectivity index (χ3v) is 6.73. The van der Waals surface area contributed by atoms with Crippen LogP contribution in [-0.4, -0.2) is 42.2 Å². The van der Waals surface area contributed by atoms with Crippen LogP contribution < -0.4 is 5.32 Å². The highest BCUT2D eigenvalue weighted by Gasteiger charge is 2.21. The molecule has 1 aromatic rings. The summed E-state index contributed by atoms with van der Waals surface area (Å²) in [7, 11) is -3.43. The molecule has 0 spiro atoms. The summed E-state index contributed by atoms with van der Waals surface area (Å²) in [6.45, 7) is 11.1. The molecule has 1 N–H and O–H groups in total. The molecular formula is C17H28N2O3S2. The lowest BCUT2D eigenvalue weighted by molar-refractivity contribution is -0.118. The molecule has 0 heterocycles. The summed E-state index contributed by atoms with van der Waals surface area (Å²) in [6.07, 6.45) is 0. The van der Waals surface area contributed by atoms with Crippen LogP contribution in [0.1, 0.15) is 40.2 Å². The number of amides is 1. The number of benzene rings is 1. The average molecular weight is 373 g/mol. The van der Waals surface area contributed by atoms with E-state index in [1.165, 1.54) is 4.31 Å². The molecule has 0 saturated carbocycles. The molecule has 5 nitrogen and oxygen atoms in total. The molecule has 0 aromatic heterocycles. The highest BCUT2D eigenvalue weighted by molar-refractivity contribution is 8.01. The van der Waals surface area contributed by atoms with Crippen LogP contribution in [0.5, 0.6) is 0 Å². The molecule has 1 rings (SSSR count). The van der Waals surface area contributed by atoms with Crippen LogP contribution >= 0.6 is 11.8 Å². The zero-order chi connectivity index (χ0) is 18.4. The second kappa shape index (κ2) is 8.87. The highest BCUT2D eigenvalue weighted by atomic mass is 32.2. The number of hydrogen-bond donors (Lipinski definition) is 1. The fourth-order valence-corrected chi connectivity index (χ4v) is 4.15. The van der Waals surface area contributed by atoms with Crippen LogP contribution in [0.15, 0.2) is 29.2 Å². The Labute approximate surface area is 150 Å². The third kappa shape index (κ3) is 6.45. The maximum atomic E-state index is 12.4.